The molecule has 2 aromatic carbocycles. The largest absolute Gasteiger partial charge is 0.495 e. The van der Waals surface area contributed by atoms with Gasteiger partial charge in [0.1, 0.15) is 5.75 Å². The Hall–Kier alpha value is -3.65. The molecule has 1 atom stereocenters. The van der Waals surface area contributed by atoms with E-state index in [1.165, 1.54) is 25.4 Å². The lowest BCUT2D eigenvalue weighted by Gasteiger charge is -2.16. The van der Waals surface area contributed by atoms with Crippen molar-refractivity contribution in [2.45, 2.75) is 19.4 Å². The minimum absolute atomic E-state index is 0.107. The van der Waals surface area contributed by atoms with E-state index in [1.807, 2.05) is 23.6 Å². The fraction of sp³-hybridized carbons (Fsp3) is 0.174. The van der Waals surface area contributed by atoms with Crippen molar-refractivity contribution >= 4 is 40.4 Å². The third kappa shape index (κ3) is 6.16. The van der Waals surface area contributed by atoms with Crippen LogP contribution in [0, 0.1) is 0 Å². The lowest BCUT2D eigenvalue weighted by molar-refractivity contribution is -0.120. The number of rotatable bonds is 8. The average molecular weight is 438 g/mol. The molecule has 8 heteroatoms. The number of para-hydroxylation sites is 2. The molecule has 160 valence electrons. The zero-order valence-corrected chi connectivity index (χ0v) is 18.0. The van der Waals surface area contributed by atoms with Gasteiger partial charge in [-0.3, -0.25) is 14.4 Å². The Labute approximate surface area is 184 Å². The van der Waals surface area contributed by atoms with Crippen molar-refractivity contribution < 1.29 is 19.1 Å². The molecule has 0 radical (unpaired) electrons. The summed E-state index contributed by atoms with van der Waals surface area (Å²) in [5.41, 5.74) is 1.58. The van der Waals surface area contributed by atoms with E-state index in [-0.39, 0.29) is 30.2 Å². The van der Waals surface area contributed by atoms with Gasteiger partial charge in [-0.15, -0.1) is 11.3 Å². The average Bonchev–Trinajstić information content (AvgIpc) is 3.29. The minimum Gasteiger partial charge on any atom is -0.495 e. The molecule has 1 aromatic heterocycles. The molecule has 0 aliphatic heterocycles. The predicted molar refractivity (Wildman–Crippen MR) is 122 cm³/mol. The second kappa shape index (κ2) is 10.4. The fourth-order valence-corrected chi connectivity index (χ4v) is 3.78. The van der Waals surface area contributed by atoms with Crippen LogP contribution in [0.2, 0.25) is 0 Å². The molecule has 0 fully saturated rings. The van der Waals surface area contributed by atoms with Crippen LogP contribution in [0.25, 0.3) is 0 Å². The quantitative estimate of drug-likeness (QED) is 0.492. The van der Waals surface area contributed by atoms with Crippen LogP contribution in [0.1, 0.15) is 34.6 Å². The van der Waals surface area contributed by atoms with E-state index in [1.54, 1.807) is 42.5 Å². The Morgan fingerprint density at radius 3 is 2.35 bits per heavy atom. The normalized spacial score (nSPS) is 11.3. The van der Waals surface area contributed by atoms with E-state index >= 15 is 0 Å². The van der Waals surface area contributed by atoms with Crippen LogP contribution in [0.3, 0.4) is 0 Å². The Kier molecular flexibility index (Phi) is 7.40. The number of anilines is 2. The number of benzene rings is 2. The predicted octanol–water partition coefficient (Wildman–Crippen LogP) is 4.22. The zero-order chi connectivity index (χ0) is 22.2. The maximum atomic E-state index is 12.5. The summed E-state index contributed by atoms with van der Waals surface area (Å²) < 4.78 is 5.24. The number of carbonyl (C=O) groups excluding carboxylic acids is 3. The summed E-state index contributed by atoms with van der Waals surface area (Å²) in [7, 11) is 1.54. The Morgan fingerprint density at radius 2 is 1.71 bits per heavy atom. The fourth-order valence-electron chi connectivity index (χ4n) is 3.00. The van der Waals surface area contributed by atoms with Crippen LogP contribution in [0.4, 0.5) is 11.4 Å². The molecule has 0 bridgehead atoms. The number of amides is 3. The van der Waals surface area contributed by atoms with Gasteiger partial charge in [-0.1, -0.05) is 18.2 Å². The van der Waals surface area contributed by atoms with E-state index in [0.29, 0.717) is 22.7 Å². The summed E-state index contributed by atoms with van der Waals surface area (Å²) in [5, 5.41) is 10.3. The number of carbonyl (C=O) groups is 3. The van der Waals surface area contributed by atoms with Crippen molar-refractivity contribution in [3.8, 4) is 5.75 Å². The van der Waals surface area contributed by atoms with Crippen LogP contribution in [0.15, 0.2) is 66.0 Å². The number of methoxy groups -OCH3 is 1. The lowest BCUT2D eigenvalue weighted by Crippen LogP contribution is -2.29. The maximum absolute atomic E-state index is 12.5. The number of hydrogen-bond acceptors (Lipinski definition) is 5. The number of hydrogen-bond donors (Lipinski definition) is 3. The molecule has 0 spiro atoms. The molecular weight excluding hydrogens is 414 g/mol. The minimum atomic E-state index is -0.386. The van der Waals surface area contributed by atoms with E-state index < -0.39 is 0 Å². The van der Waals surface area contributed by atoms with Gasteiger partial charge in [0.05, 0.1) is 25.3 Å². The standard InChI is InChI=1S/C23H23N3O4S/c1-15(27)24-19(21-8-5-13-31-21)14-22(28)25-17-11-9-16(10-12-17)23(29)26-18-6-3-4-7-20(18)30-2/h3-13,19H,14H2,1-2H3,(H,24,27)(H,25,28)(H,26,29)/t19-/m1/s1. The van der Waals surface area contributed by atoms with Gasteiger partial charge in [0.25, 0.3) is 5.91 Å². The first-order valence-electron chi connectivity index (χ1n) is 9.61. The molecule has 1 heterocycles. The van der Waals surface area contributed by atoms with Crippen molar-refractivity contribution in [1.82, 2.24) is 5.32 Å². The molecule has 3 aromatic rings. The topological polar surface area (TPSA) is 96.5 Å². The Morgan fingerprint density at radius 1 is 0.968 bits per heavy atom. The smallest absolute Gasteiger partial charge is 0.255 e. The zero-order valence-electron chi connectivity index (χ0n) is 17.2. The van der Waals surface area contributed by atoms with Gasteiger partial charge in [-0.05, 0) is 47.8 Å². The summed E-state index contributed by atoms with van der Waals surface area (Å²) >= 11 is 1.48. The summed E-state index contributed by atoms with van der Waals surface area (Å²) in [4.78, 5) is 37.4. The van der Waals surface area contributed by atoms with Crippen molar-refractivity contribution in [2.75, 3.05) is 17.7 Å². The number of ether oxygens (including phenoxy) is 1. The Bertz CT molecular complexity index is 1050. The van der Waals surface area contributed by atoms with Crippen LogP contribution in [-0.2, 0) is 9.59 Å². The highest BCUT2D eigenvalue weighted by atomic mass is 32.1. The van der Waals surface area contributed by atoms with Crippen LogP contribution in [0.5, 0.6) is 5.75 Å². The molecule has 0 saturated carbocycles. The second-order valence-corrected chi connectivity index (χ2v) is 7.73. The van der Waals surface area contributed by atoms with Crippen LogP contribution < -0.4 is 20.7 Å². The van der Waals surface area contributed by atoms with Crippen molar-refractivity contribution in [3.05, 3.63) is 76.5 Å². The molecule has 3 amide bonds. The molecule has 3 rings (SSSR count). The molecule has 7 nitrogen and oxygen atoms in total. The van der Waals surface area contributed by atoms with Gasteiger partial charge >= 0.3 is 0 Å². The van der Waals surface area contributed by atoms with Gasteiger partial charge in [0.15, 0.2) is 0 Å². The third-order valence-electron chi connectivity index (χ3n) is 4.44. The first-order chi connectivity index (χ1) is 15.0. The summed E-state index contributed by atoms with van der Waals surface area (Å²) in [5.74, 6) is -0.153. The van der Waals surface area contributed by atoms with Crippen LogP contribution in [-0.4, -0.2) is 24.8 Å². The summed E-state index contributed by atoms with van der Waals surface area (Å²) in [6.45, 7) is 1.42. The third-order valence-corrected chi connectivity index (χ3v) is 5.43. The second-order valence-electron chi connectivity index (χ2n) is 6.75. The molecule has 0 aliphatic rings. The van der Waals surface area contributed by atoms with Crippen molar-refractivity contribution in [2.24, 2.45) is 0 Å². The van der Waals surface area contributed by atoms with Gasteiger partial charge in [-0.2, -0.15) is 0 Å². The lowest BCUT2D eigenvalue weighted by atomic mass is 10.1. The molecule has 0 unspecified atom stereocenters. The van der Waals surface area contributed by atoms with Gasteiger partial charge in [0.2, 0.25) is 11.8 Å². The molecule has 3 N–H and O–H groups in total. The molecular formula is C23H23N3O4S. The first kappa shape index (κ1) is 22.0. The molecule has 0 saturated heterocycles. The first-order valence-corrected chi connectivity index (χ1v) is 10.5. The van der Waals surface area contributed by atoms with Crippen molar-refractivity contribution in [3.63, 3.8) is 0 Å². The molecule has 31 heavy (non-hydrogen) atoms. The van der Waals surface area contributed by atoms with Gasteiger partial charge in [-0.25, -0.2) is 0 Å². The summed E-state index contributed by atoms with van der Waals surface area (Å²) in [6.07, 6.45) is 0.107. The highest BCUT2D eigenvalue weighted by Crippen LogP contribution is 2.25. The van der Waals surface area contributed by atoms with Gasteiger partial charge < -0.3 is 20.7 Å². The highest BCUT2D eigenvalue weighted by molar-refractivity contribution is 7.10. The monoisotopic (exact) mass is 437 g/mol. The van der Waals surface area contributed by atoms with E-state index in [4.69, 9.17) is 4.74 Å². The number of thiophene rings is 1. The van der Waals surface area contributed by atoms with E-state index in [2.05, 4.69) is 16.0 Å². The molecule has 0 aliphatic carbocycles. The maximum Gasteiger partial charge on any atom is 0.255 e. The summed E-state index contributed by atoms with van der Waals surface area (Å²) in [6, 6.07) is 17.1. The number of nitrogens with one attached hydrogen (secondary N) is 3. The Balaban J connectivity index is 1.61. The SMILES string of the molecule is COc1ccccc1NC(=O)c1ccc(NC(=O)C[C@@H](NC(C)=O)c2cccs2)cc1. The highest BCUT2D eigenvalue weighted by Gasteiger charge is 2.18. The van der Waals surface area contributed by atoms with E-state index in [9.17, 15) is 14.4 Å². The van der Waals surface area contributed by atoms with E-state index in [0.717, 1.165) is 4.88 Å². The van der Waals surface area contributed by atoms with Gasteiger partial charge in [0, 0.05) is 23.1 Å². The van der Waals surface area contributed by atoms with Crippen LogP contribution >= 0.6 is 11.3 Å². The van der Waals surface area contributed by atoms with Crippen molar-refractivity contribution in [1.29, 1.82) is 0 Å².